The van der Waals surface area contributed by atoms with Crippen molar-refractivity contribution in [1.29, 1.82) is 0 Å². The number of nitrogens with one attached hydrogen (secondary N) is 2. The fourth-order valence-electron chi connectivity index (χ4n) is 2.79. The van der Waals surface area contributed by atoms with Gasteiger partial charge in [-0.3, -0.25) is 4.99 Å². The largest absolute Gasteiger partial charge is 0.382 e. The van der Waals surface area contributed by atoms with E-state index in [9.17, 15) is 0 Å². The lowest BCUT2D eigenvalue weighted by Crippen LogP contribution is -2.47. The Hall–Kier alpha value is -0.850. The van der Waals surface area contributed by atoms with Crippen molar-refractivity contribution in [2.45, 2.75) is 43.9 Å². The molecule has 0 aromatic heterocycles. The number of methoxy groups -OCH3 is 1. The fourth-order valence-corrected chi connectivity index (χ4v) is 2.79. The molecule has 0 radical (unpaired) electrons. The summed E-state index contributed by atoms with van der Waals surface area (Å²) in [7, 11) is 3.48. The molecular formula is C14H27N3O3. The average molecular weight is 285 g/mol. The molecule has 0 amide bonds. The van der Waals surface area contributed by atoms with Crippen LogP contribution in [-0.2, 0) is 14.2 Å². The summed E-state index contributed by atoms with van der Waals surface area (Å²) in [6, 6.07) is 0.415. The molecule has 6 heteroatoms. The van der Waals surface area contributed by atoms with E-state index in [-0.39, 0.29) is 0 Å². The second-order valence-electron chi connectivity index (χ2n) is 5.32. The van der Waals surface area contributed by atoms with Crippen molar-refractivity contribution in [2.24, 2.45) is 4.99 Å². The standard InChI is InChI=1S/C14H27N3O3/c1-15-14(16-6-3-7-19-9-8-18-2)17-12-10-11-4-5-13(12)20-11/h11-13H,3-10H2,1-2H3,(H2,15,16,17). The number of fused-ring (bicyclic) bond motifs is 2. The van der Waals surface area contributed by atoms with Gasteiger partial charge in [-0.25, -0.2) is 0 Å². The predicted octanol–water partition coefficient (Wildman–Crippen LogP) is 0.524. The Morgan fingerprint density at radius 2 is 2.20 bits per heavy atom. The maximum Gasteiger partial charge on any atom is 0.191 e. The van der Waals surface area contributed by atoms with E-state index in [0.29, 0.717) is 31.5 Å². The topological polar surface area (TPSA) is 64.1 Å². The summed E-state index contributed by atoms with van der Waals surface area (Å²) in [5.74, 6) is 0.864. The quantitative estimate of drug-likeness (QED) is 0.387. The van der Waals surface area contributed by atoms with Crippen LogP contribution in [0.15, 0.2) is 4.99 Å². The van der Waals surface area contributed by atoms with E-state index in [2.05, 4.69) is 15.6 Å². The summed E-state index contributed by atoms with van der Waals surface area (Å²) in [6.07, 6.45) is 5.28. The van der Waals surface area contributed by atoms with Crippen LogP contribution in [0.3, 0.4) is 0 Å². The van der Waals surface area contributed by atoms with Gasteiger partial charge < -0.3 is 24.8 Å². The van der Waals surface area contributed by atoms with Gasteiger partial charge in [0.2, 0.25) is 0 Å². The van der Waals surface area contributed by atoms with Gasteiger partial charge >= 0.3 is 0 Å². The number of nitrogens with zero attached hydrogens (tertiary/aromatic N) is 1. The molecule has 3 atom stereocenters. The van der Waals surface area contributed by atoms with E-state index in [1.165, 1.54) is 12.8 Å². The van der Waals surface area contributed by atoms with Crippen molar-refractivity contribution in [1.82, 2.24) is 10.6 Å². The van der Waals surface area contributed by atoms with Gasteiger partial charge in [0.05, 0.1) is 31.5 Å². The third-order valence-electron chi connectivity index (χ3n) is 3.84. The molecule has 2 rings (SSSR count). The molecule has 0 aromatic rings. The number of hydrogen-bond acceptors (Lipinski definition) is 4. The molecule has 0 aliphatic carbocycles. The van der Waals surface area contributed by atoms with E-state index < -0.39 is 0 Å². The van der Waals surface area contributed by atoms with Crippen molar-refractivity contribution < 1.29 is 14.2 Å². The minimum absolute atomic E-state index is 0.371. The van der Waals surface area contributed by atoms with Crippen LogP contribution in [0.2, 0.25) is 0 Å². The number of aliphatic imine (C=N–C) groups is 1. The lowest BCUT2D eigenvalue weighted by atomic mass is 9.96. The fraction of sp³-hybridized carbons (Fsp3) is 0.929. The molecule has 0 saturated carbocycles. The second kappa shape index (κ2) is 8.44. The van der Waals surface area contributed by atoms with Gasteiger partial charge in [-0.15, -0.1) is 0 Å². The summed E-state index contributed by atoms with van der Waals surface area (Å²) in [5.41, 5.74) is 0. The van der Waals surface area contributed by atoms with Crippen molar-refractivity contribution in [2.75, 3.05) is 40.5 Å². The SMILES string of the molecule is CN=C(NCCCOCCOC)NC1CC2CCC1O2. The van der Waals surface area contributed by atoms with Gasteiger partial charge in [-0.1, -0.05) is 0 Å². The van der Waals surface area contributed by atoms with E-state index >= 15 is 0 Å². The Morgan fingerprint density at radius 3 is 2.85 bits per heavy atom. The molecule has 2 fully saturated rings. The van der Waals surface area contributed by atoms with E-state index in [1.54, 1.807) is 14.2 Å². The second-order valence-corrected chi connectivity index (χ2v) is 5.32. The van der Waals surface area contributed by atoms with Crippen LogP contribution in [0, 0.1) is 0 Å². The highest BCUT2D eigenvalue weighted by molar-refractivity contribution is 5.80. The summed E-state index contributed by atoms with van der Waals surface area (Å²) >= 11 is 0. The molecule has 116 valence electrons. The maximum atomic E-state index is 5.83. The molecule has 2 aliphatic heterocycles. The van der Waals surface area contributed by atoms with Gasteiger partial charge in [0.1, 0.15) is 0 Å². The van der Waals surface area contributed by atoms with Crippen molar-refractivity contribution in [3.8, 4) is 0 Å². The normalized spacial score (nSPS) is 28.9. The highest BCUT2D eigenvalue weighted by Gasteiger charge is 2.40. The molecule has 0 spiro atoms. The minimum Gasteiger partial charge on any atom is -0.382 e. The highest BCUT2D eigenvalue weighted by Crippen LogP contribution is 2.34. The molecule has 2 bridgehead atoms. The number of hydrogen-bond donors (Lipinski definition) is 2. The minimum atomic E-state index is 0.371. The first-order valence-electron chi connectivity index (χ1n) is 7.53. The molecule has 3 unspecified atom stereocenters. The first-order valence-corrected chi connectivity index (χ1v) is 7.53. The molecule has 2 saturated heterocycles. The molecule has 2 heterocycles. The van der Waals surface area contributed by atoms with Gasteiger partial charge in [-0.05, 0) is 25.7 Å². The third-order valence-corrected chi connectivity index (χ3v) is 3.84. The molecule has 2 aliphatic rings. The van der Waals surface area contributed by atoms with E-state index in [0.717, 1.165) is 32.0 Å². The van der Waals surface area contributed by atoms with Crippen molar-refractivity contribution >= 4 is 5.96 Å². The van der Waals surface area contributed by atoms with Crippen LogP contribution >= 0.6 is 0 Å². The Morgan fingerprint density at radius 1 is 1.30 bits per heavy atom. The van der Waals surface area contributed by atoms with Crippen LogP contribution in [0.25, 0.3) is 0 Å². The predicted molar refractivity (Wildman–Crippen MR) is 78.1 cm³/mol. The Labute approximate surface area is 121 Å². The van der Waals surface area contributed by atoms with Crippen LogP contribution in [0.1, 0.15) is 25.7 Å². The van der Waals surface area contributed by atoms with Gasteiger partial charge in [-0.2, -0.15) is 0 Å². The summed E-state index contributed by atoms with van der Waals surface area (Å²) in [5, 5.41) is 6.78. The summed E-state index contributed by atoms with van der Waals surface area (Å²) < 4.78 is 16.2. The van der Waals surface area contributed by atoms with Gasteiger partial charge in [0.25, 0.3) is 0 Å². The van der Waals surface area contributed by atoms with E-state index in [4.69, 9.17) is 14.2 Å². The van der Waals surface area contributed by atoms with Crippen LogP contribution in [-0.4, -0.2) is 64.7 Å². The Bertz CT molecular complexity index is 312. The smallest absolute Gasteiger partial charge is 0.191 e. The van der Waals surface area contributed by atoms with Crippen LogP contribution < -0.4 is 10.6 Å². The van der Waals surface area contributed by atoms with Gasteiger partial charge in [0, 0.05) is 27.3 Å². The molecule has 20 heavy (non-hydrogen) atoms. The molecule has 0 aromatic carbocycles. The van der Waals surface area contributed by atoms with Crippen molar-refractivity contribution in [3.63, 3.8) is 0 Å². The van der Waals surface area contributed by atoms with E-state index in [1.807, 2.05) is 0 Å². The number of rotatable bonds is 8. The number of guanidine groups is 1. The monoisotopic (exact) mass is 285 g/mol. The first kappa shape index (κ1) is 15.5. The summed E-state index contributed by atoms with van der Waals surface area (Å²) in [6.45, 7) is 2.91. The molecule has 6 nitrogen and oxygen atoms in total. The molecular weight excluding hydrogens is 258 g/mol. The lowest BCUT2D eigenvalue weighted by Gasteiger charge is -2.22. The van der Waals surface area contributed by atoms with Crippen LogP contribution in [0.4, 0.5) is 0 Å². The average Bonchev–Trinajstić information content (AvgIpc) is 3.07. The zero-order chi connectivity index (χ0) is 14.2. The highest BCUT2D eigenvalue weighted by atomic mass is 16.5. The maximum absolute atomic E-state index is 5.83. The lowest BCUT2D eigenvalue weighted by molar-refractivity contribution is 0.0698. The van der Waals surface area contributed by atoms with Gasteiger partial charge in [0.15, 0.2) is 5.96 Å². The van der Waals surface area contributed by atoms with Crippen LogP contribution in [0.5, 0.6) is 0 Å². The molecule has 2 N–H and O–H groups in total. The third kappa shape index (κ3) is 4.61. The van der Waals surface area contributed by atoms with Crippen molar-refractivity contribution in [3.05, 3.63) is 0 Å². The zero-order valence-electron chi connectivity index (χ0n) is 12.6. The summed E-state index contributed by atoms with van der Waals surface area (Å²) in [4.78, 5) is 4.26. The zero-order valence-corrected chi connectivity index (χ0v) is 12.6. The first-order chi connectivity index (χ1) is 9.83. The Kier molecular flexibility index (Phi) is 6.56. The Balaban J connectivity index is 1.54. The number of ether oxygens (including phenoxy) is 3.